The number of methoxy groups -OCH3 is 1. The number of sulfonamides is 1. The molecule has 1 heterocycles. The van der Waals surface area contributed by atoms with Crippen molar-refractivity contribution in [3.05, 3.63) is 52.5 Å². The zero-order valence-electron chi connectivity index (χ0n) is 19.3. The van der Waals surface area contributed by atoms with E-state index in [4.69, 9.17) is 21.1 Å². The van der Waals surface area contributed by atoms with Crippen LogP contribution in [0.5, 0.6) is 5.75 Å². The first kappa shape index (κ1) is 26.0. The number of nitrogens with one attached hydrogen (secondary N) is 1. The standard InChI is InChI=1S/C24H29ClN2O6S/c1-3-33-24(29)20-16-18(8-10-21(20)25)26-23(28)12-7-17-15-19(9-11-22(17)32-2)34(30,31)27-13-5-4-6-14-27/h8-11,15-16H,3-7,12-14H2,1-2H3,(H,26,28). The van der Waals surface area contributed by atoms with Crippen LogP contribution in [0.1, 0.15) is 48.5 Å². The Morgan fingerprint density at radius 3 is 2.50 bits per heavy atom. The topological polar surface area (TPSA) is 102 Å². The predicted molar refractivity (Wildman–Crippen MR) is 130 cm³/mol. The highest BCUT2D eigenvalue weighted by Gasteiger charge is 2.26. The van der Waals surface area contributed by atoms with Crippen molar-refractivity contribution in [1.29, 1.82) is 0 Å². The number of carbonyl (C=O) groups excluding carboxylic acids is 2. The number of hydrogen-bond donors (Lipinski definition) is 1. The van der Waals surface area contributed by atoms with E-state index in [0.29, 0.717) is 30.1 Å². The fourth-order valence-corrected chi connectivity index (χ4v) is 5.57. The van der Waals surface area contributed by atoms with Crippen molar-refractivity contribution in [2.75, 3.05) is 32.1 Å². The van der Waals surface area contributed by atoms with Crippen molar-refractivity contribution >= 4 is 39.2 Å². The fraction of sp³-hybridized carbons (Fsp3) is 0.417. The lowest BCUT2D eigenvalue weighted by Gasteiger charge is -2.26. The largest absolute Gasteiger partial charge is 0.496 e. The Hall–Kier alpha value is -2.62. The zero-order chi connectivity index (χ0) is 24.7. The van der Waals surface area contributed by atoms with Gasteiger partial charge in [-0.2, -0.15) is 4.31 Å². The number of amides is 1. The van der Waals surface area contributed by atoms with E-state index in [1.807, 2.05) is 0 Å². The van der Waals surface area contributed by atoms with Crippen LogP contribution >= 0.6 is 11.6 Å². The summed E-state index contributed by atoms with van der Waals surface area (Å²) < 4.78 is 37.9. The molecule has 0 bridgehead atoms. The third kappa shape index (κ3) is 6.28. The summed E-state index contributed by atoms with van der Waals surface area (Å²) in [4.78, 5) is 24.8. The molecule has 1 amide bonds. The van der Waals surface area contributed by atoms with E-state index in [1.54, 1.807) is 25.1 Å². The van der Waals surface area contributed by atoms with E-state index in [2.05, 4.69) is 5.32 Å². The van der Waals surface area contributed by atoms with E-state index < -0.39 is 16.0 Å². The highest BCUT2D eigenvalue weighted by atomic mass is 35.5. The van der Waals surface area contributed by atoms with Crippen LogP contribution in [0.4, 0.5) is 5.69 Å². The van der Waals surface area contributed by atoms with E-state index in [1.165, 1.54) is 29.6 Å². The Kier molecular flexibility index (Phi) is 8.93. The summed E-state index contributed by atoms with van der Waals surface area (Å²) in [7, 11) is -2.10. The maximum atomic E-state index is 13.0. The SMILES string of the molecule is CCOC(=O)c1cc(NC(=O)CCc2cc(S(=O)(=O)N3CCCCC3)ccc2OC)ccc1Cl. The summed E-state index contributed by atoms with van der Waals surface area (Å²) in [6.07, 6.45) is 3.09. The van der Waals surface area contributed by atoms with Crippen LogP contribution in [-0.2, 0) is 26.0 Å². The fourth-order valence-electron chi connectivity index (χ4n) is 3.81. The third-order valence-corrected chi connectivity index (χ3v) is 7.80. The van der Waals surface area contributed by atoms with E-state index in [0.717, 1.165) is 19.3 Å². The van der Waals surface area contributed by atoms with Gasteiger partial charge in [-0.1, -0.05) is 18.0 Å². The molecule has 184 valence electrons. The van der Waals surface area contributed by atoms with Gasteiger partial charge in [-0.15, -0.1) is 0 Å². The van der Waals surface area contributed by atoms with Crippen LogP contribution < -0.4 is 10.1 Å². The van der Waals surface area contributed by atoms with Gasteiger partial charge in [-0.3, -0.25) is 4.79 Å². The molecular formula is C24H29ClN2O6S. The molecule has 8 nitrogen and oxygen atoms in total. The molecule has 1 fully saturated rings. The lowest BCUT2D eigenvalue weighted by atomic mass is 10.1. The normalized spacial score (nSPS) is 14.4. The van der Waals surface area contributed by atoms with E-state index in [-0.39, 0.29) is 40.8 Å². The van der Waals surface area contributed by atoms with Gasteiger partial charge in [-0.05, 0) is 68.1 Å². The summed E-state index contributed by atoms with van der Waals surface area (Å²) in [5.41, 5.74) is 1.20. The van der Waals surface area contributed by atoms with Crippen molar-refractivity contribution < 1.29 is 27.5 Å². The van der Waals surface area contributed by atoms with Crippen molar-refractivity contribution in [3.63, 3.8) is 0 Å². The Morgan fingerprint density at radius 1 is 1.09 bits per heavy atom. The molecule has 0 unspecified atom stereocenters. The number of hydrogen-bond acceptors (Lipinski definition) is 6. The number of anilines is 1. The van der Waals surface area contributed by atoms with Crippen LogP contribution in [0.25, 0.3) is 0 Å². The number of esters is 1. The first-order chi connectivity index (χ1) is 16.3. The van der Waals surface area contributed by atoms with Gasteiger partial charge in [0, 0.05) is 25.2 Å². The molecule has 0 radical (unpaired) electrons. The molecule has 1 aliphatic heterocycles. The van der Waals surface area contributed by atoms with Gasteiger partial charge in [0.2, 0.25) is 15.9 Å². The Bertz CT molecular complexity index is 1150. The molecule has 0 spiro atoms. The molecule has 0 aliphatic carbocycles. The van der Waals surface area contributed by atoms with Crippen LogP contribution in [0.2, 0.25) is 5.02 Å². The molecule has 1 N–H and O–H groups in total. The number of aryl methyl sites for hydroxylation is 1. The number of nitrogens with zero attached hydrogens (tertiary/aromatic N) is 1. The highest BCUT2D eigenvalue weighted by Crippen LogP contribution is 2.27. The minimum Gasteiger partial charge on any atom is -0.496 e. The molecule has 3 rings (SSSR count). The molecule has 2 aromatic rings. The van der Waals surface area contributed by atoms with Gasteiger partial charge in [0.1, 0.15) is 5.75 Å². The number of benzene rings is 2. The number of halogens is 1. The Balaban J connectivity index is 1.71. The summed E-state index contributed by atoms with van der Waals surface area (Å²) in [5.74, 6) is -0.356. The summed E-state index contributed by atoms with van der Waals surface area (Å²) in [6.45, 7) is 2.93. The quantitative estimate of drug-likeness (QED) is 0.507. The monoisotopic (exact) mass is 508 g/mol. The number of ether oxygens (including phenoxy) is 2. The average molecular weight is 509 g/mol. The second-order valence-electron chi connectivity index (χ2n) is 7.90. The Labute approximate surface area is 205 Å². The first-order valence-corrected chi connectivity index (χ1v) is 13.0. The van der Waals surface area contributed by atoms with Crippen molar-refractivity contribution in [2.45, 2.75) is 43.9 Å². The highest BCUT2D eigenvalue weighted by molar-refractivity contribution is 7.89. The summed E-state index contributed by atoms with van der Waals surface area (Å²) >= 11 is 6.07. The average Bonchev–Trinajstić information content (AvgIpc) is 2.84. The summed E-state index contributed by atoms with van der Waals surface area (Å²) in [6, 6.07) is 9.31. The second-order valence-corrected chi connectivity index (χ2v) is 10.2. The van der Waals surface area contributed by atoms with Crippen molar-refractivity contribution in [3.8, 4) is 5.75 Å². The number of carbonyl (C=O) groups is 2. The molecule has 0 aromatic heterocycles. The second kappa shape index (κ2) is 11.7. The lowest BCUT2D eigenvalue weighted by Crippen LogP contribution is -2.35. The van der Waals surface area contributed by atoms with E-state index >= 15 is 0 Å². The smallest absolute Gasteiger partial charge is 0.339 e. The third-order valence-electron chi connectivity index (χ3n) is 5.57. The molecule has 1 aliphatic rings. The van der Waals surface area contributed by atoms with Gasteiger partial charge in [0.25, 0.3) is 0 Å². The van der Waals surface area contributed by atoms with Crippen LogP contribution in [0.3, 0.4) is 0 Å². The van der Waals surface area contributed by atoms with Crippen molar-refractivity contribution in [1.82, 2.24) is 4.31 Å². The van der Waals surface area contributed by atoms with Crippen molar-refractivity contribution in [2.24, 2.45) is 0 Å². The maximum absolute atomic E-state index is 13.0. The van der Waals surface area contributed by atoms with Gasteiger partial charge >= 0.3 is 5.97 Å². The number of piperidine rings is 1. The zero-order valence-corrected chi connectivity index (χ0v) is 20.9. The summed E-state index contributed by atoms with van der Waals surface area (Å²) in [5, 5.41) is 2.97. The van der Waals surface area contributed by atoms with Gasteiger partial charge in [0.15, 0.2) is 0 Å². The van der Waals surface area contributed by atoms with Gasteiger partial charge < -0.3 is 14.8 Å². The molecular weight excluding hydrogens is 480 g/mol. The van der Waals surface area contributed by atoms with Crippen LogP contribution in [-0.4, -0.2) is 51.4 Å². The molecule has 1 saturated heterocycles. The molecule has 0 atom stereocenters. The maximum Gasteiger partial charge on any atom is 0.339 e. The molecule has 10 heteroatoms. The molecule has 34 heavy (non-hydrogen) atoms. The van der Waals surface area contributed by atoms with Gasteiger partial charge in [0.05, 0.1) is 29.2 Å². The Morgan fingerprint density at radius 2 is 1.82 bits per heavy atom. The first-order valence-electron chi connectivity index (χ1n) is 11.2. The lowest BCUT2D eigenvalue weighted by molar-refractivity contribution is -0.116. The minimum absolute atomic E-state index is 0.0843. The van der Waals surface area contributed by atoms with Crippen LogP contribution in [0, 0.1) is 0 Å². The predicted octanol–water partition coefficient (Wildman–Crippen LogP) is 4.27. The number of rotatable bonds is 9. The molecule has 2 aromatic carbocycles. The van der Waals surface area contributed by atoms with E-state index in [9.17, 15) is 18.0 Å². The van der Waals surface area contributed by atoms with Crippen LogP contribution in [0.15, 0.2) is 41.3 Å². The van der Waals surface area contributed by atoms with Gasteiger partial charge in [-0.25, -0.2) is 13.2 Å². The molecule has 0 saturated carbocycles. The minimum atomic E-state index is -3.60.